The molecule has 0 spiro atoms. The molecule has 0 radical (unpaired) electrons. The highest BCUT2D eigenvalue weighted by Crippen LogP contribution is 2.28. The Kier molecular flexibility index (Phi) is 3.38. The van der Waals surface area contributed by atoms with Gasteiger partial charge >= 0.3 is 6.18 Å². The number of rotatable bonds is 2. The molecule has 1 heterocycles. The summed E-state index contributed by atoms with van der Waals surface area (Å²) in [4.78, 5) is 11.3. The Balaban J connectivity index is 3.26. The quantitative estimate of drug-likeness (QED) is 0.780. The highest BCUT2D eigenvalue weighted by molar-refractivity contribution is 5.10. The van der Waals surface area contributed by atoms with E-state index in [1.807, 2.05) is 0 Å². The van der Waals surface area contributed by atoms with Gasteiger partial charge in [0.25, 0.3) is 5.56 Å². The maximum atomic E-state index is 12.5. The molecule has 3 nitrogen and oxygen atoms in total. The van der Waals surface area contributed by atoms with E-state index in [-0.39, 0.29) is 6.54 Å². The number of halogens is 3. The largest absolute Gasteiger partial charge is 0.431 e. The normalized spacial score (nSPS) is 13.2. The number of nitriles is 1. The van der Waals surface area contributed by atoms with Crippen molar-refractivity contribution in [3.8, 4) is 6.07 Å². The first-order valence-electron chi connectivity index (χ1n) is 4.53. The molecule has 0 fully saturated rings. The molecule has 0 amide bonds. The molecule has 0 saturated carbocycles. The van der Waals surface area contributed by atoms with Gasteiger partial charge in [-0.1, -0.05) is 6.07 Å². The topological polar surface area (TPSA) is 45.8 Å². The average Bonchev–Trinajstić information content (AvgIpc) is 2.19. The smallest absolute Gasteiger partial charge is 0.303 e. The van der Waals surface area contributed by atoms with Gasteiger partial charge in [0, 0.05) is 12.6 Å². The van der Waals surface area contributed by atoms with Gasteiger partial charge < -0.3 is 4.57 Å². The van der Waals surface area contributed by atoms with Gasteiger partial charge in [0.1, 0.15) is 5.69 Å². The van der Waals surface area contributed by atoms with Gasteiger partial charge in [-0.2, -0.15) is 18.4 Å². The fourth-order valence-corrected chi connectivity index (χ4v) is 1.27. The number of nitrogens with zero attached hydrogens (tertiary/aromatic N) is 2. The van der Waals surface area contributed by atoms with Crippen LogP contribution in [-0.2, 0) is 12.7 Å². The van der Waals surface area contributed by atoms with Gasteiger partial charge in [0.15, 0.2) is 0 Å². The van der Waals surface area contributed by atoms with E-state index in [2.05, 4.69) is 0 Å². The Morgan fingerprint density at radius 2 is 2.12 bits per heavy atom. The zero-order chi connectivity index (χ0) is 12.3. The van der Waals surface area contributed by atoms with Gasteiger partial charge in [0.05, 0.1) is 12.0 Å². The van der Waals surface area contributed by atoms with Crippen LogP contribution in [-0.4, -0.2) is 4.57 Å². The van der Waals surface area contributed by atoms with Crippen molar-refractivity contribution in [2.75, 3.05) is 0 Å². The predicted molar refractivity (Wildman–Crippen MR) is 50.5 cm³/mol. The minimum Gasteiger partial charge on any atom is -0.303 e. The molecule has 1 rings (SSSR count). The lowest BCUT2D eigenvalue weighted by Crippen LogP contribution is -2.29. The van der Waals surface area contributed by atoms with Crippen LogP contribution in [0.2, 0.25) is 0 Å². The Hall–Kier alpha value is -1.77. The summed E-state index contributed by atoms with van der Waals surface area (Å²) in [5.41, 5.74) is -1.78. The van der Waals surface area contributed by atoms with E-state index < -0.39 is 23.3 Å². The summed E-state index contributed by atoms with van der Waals surface area (Å²) in [6.07, 6.45) is -4.59. The van der Waals surface area contributed by atoms with Crippen LogP contribution in [0.15, 0.2) is 23.0 Å². The van der Waals surface area contributed by atoms with Crippen molar-refractivity contribution in [1.29, 1.82) is 5.26 Å². The zero-order valence-electron chi connectivity index (χ0n) is 8.45. The van der Waals surface area contributed by atoms with E-state index >= 15 is 0 Å². The van der Waals surface area contributed by atoms with Crippen LogP contribution in [0.25, 0.3) is 0 Å². The highest BCUT2D eigenvalue weighted by atomic mass is 19.4. The molecule has 0 N–H and O–H groups in total. The summed E-state index contributed by atoms with van der Waals surface area (Å²) in [5.74, 6) is -0.652. The SMILES string of the molecule is CC(C#N)Cn1c(C(F)(F)F)cccc1=O. The second kappa shape index (κ2) is 4.39. The molecular weight excluding hydrogens is 221 g/mol. The highest BCUT2D eigenvalue weighted by Gasteiger charge is 2.34. The molecular formula is C10H9F3N2O. The first-order valence-corrected chi connectivity index (χ1v) is 4.53. The number of hydrogen-bond acceptors (Lipinski definition) is 2. The van der Waals surface area contributed by atoms with Crippen LogP contribution in [0.1, 0.15) is 12.6 Å². The van der Waals surface area contributed by atoms with Gasteiger partial charge in [0.2, 0.25) is 0 Å². The molecule has 1 atom stereocenters. The minimum absolute atomic E-state index is 0.259. The second-order valence-electron chi connectivity index (χ2n) is 3.39. The third-order valence-electron chi connectivity index (χ3n) is 2.02. The van der Waals surface area contributed by atoms with E-state index in [9.17, 15) is 18.0 Å². The van der Waals surface area contributed by atoms with Crippen molar-refractivity contribution >= 4 is 0 Å². The fourth-order valence-electron chi connectivity index (χ4n) is 1.27. The van der Waals surface area contributed by atoms with Crippen molar-refractivity contribution in [3.05, 3.63) is 34.2 Å². The van der Waals surface area contributed by atoms with Crippen LogP contribution < -0.4 is 5.56 Å². The lowest BCUT2D eigenvalue weighted by Gasteiger charge is -2.15. The van der Waals surface area contributed by atoms with E-state index in [4.69, 9.17) is 5.26 Å². The Morgan fingerprint density at radius 1 is 1.50 bits per heavy atom. The zero-order valence-corrected chi connectivity index (χ0v) is 8.45. The van der Waals surface area contributed by atoms with Crippen molar-refractivity contribution in [2.45, 2.75) is 19.6 Å². The third-order valence-corrected chi connectivity index (χ3v) is 2.02. The monoisotopic (exact) mass is 230 g/mol. The van der Waals surface area contributed by atoms with E-state index in [0.29, 0.717) is 4.57 Å². The van der Waals surface area contributed by atoms with Crippen LogP contribution in [0.5, 0.6) is 0 Å². The van der Waals surface area contributed by atoms with Crippen molar-refractivity contribution < 1.29 is 13.2 Å². The van der Waals surface area contributed by atoms with Gasteiger partial charge in [-0.15, -0.1) is 0 Å². The molecule has 6 heteroatoms. The first-order chi connectivity index (χ1) is 7.36. The minimum atomic E-state index is -4.59. The van der Waals surface area contributed by atoms with Gasteiger partial charge in [-0.3, -0.25) is 4.79 Å². The van der Waals surface area contributed by atoms with Crippen LogP contribution in [0.3, 0.4) is 0 Å². The maximum absolute atomic E-state index is 12.5. The lowest BCUT2D eigenvalue weighted by molar-refractivity contribution is -0.144. The summed E-state index contributed by atoms with van der Waals surface area (Å²) in [6, 6.07) is 4.71. The summed E-state index contributed by atoms with van der Waals surface area (Å²) in [6.45, 7) is 1.20. The number of alkyl halides is 3. The summed E-state index contributed by atoms with van der Waals surface area (Å²) < 4.78 is 38.2. The second-order valence-corrected chi connectivity index (χ2v) is 3.39. The molecule has 0 bridgehead atoms. The van der Waals surface area contributed by atoms with Crippen LogP contribution in [0, 0.1) is 17.2 Å². The van der Waals surface area contributed by atoms with E-state index in [1.165, 1.54) is 6.92 Å². The first kappa shape index (κ1) is 12.3. The summed E-state index contributed by atoms with van der Waals surface area (Å²) in [5, 5.41) is 8.53. The van der Waals surface area contributed by atoms with Crippen LogP contribution >= 0.6 is 0 Å². The molecule has 0 aliphatic heterocycles. The Morgan fingerprint density at radius 3 is 2.62 bits per heavy atom. The molecule has 0 aliphatic carbocycles. The maximum Gasteiger partial charge on any atom is 0.431 e. The molecule has 0 aliphatic rings. The molecule has 0 saturated heterocycles. The Bertz CT molecular complexity index is 470. The number of pyridine rings is 1. The predicted octanol–water partition coefficient (Wildman–Crippen LogP) is 2.03. The van der Waals surface area contributed by atoms with E-state index in [0.717, 1.165) is 18.2 Å². The van der Waals surface area contributed by atoms with Crippen molar-refractivity contribution in [1.82, 2.24) is 4.57 Å². The summed E-state index contributed by atoms with van der Waals surface area (Å²) in [7, 11) is 0. The molecule has 16 heavy (non-hydrogen) atoms. The fraction of sp³-hybridized carbons (Fsp3) is 0.400. The standard InChI is InChI=1S/C10H9F3N2O/c1-7(5-14)6-15-8(10(11,12)13)3-2-4-9(15)16/h2-4,7H,6H2,1H3. The van der Waals surface area contributed by atoms with Crippen LogP contribution in [0.4, 0.5) is 13.2 Å². The molecule has 0 aromatic carbocycles. The molecule has 1 aromatic rings. The van der Waals surface area contributed by atoms with Gasteiger partial charge in [-0.25, -0.2) is 0 Å². The Labute approximate surface area is 89.7 Å². The molecule has 1 unspecified atom stereocenters. The summed E-state index contributed by atoms with van der Waals surface area (Å²) >= 11 is 0. The third kappa shape index (κ3) is 2.63. The number of hydrogen-bond donors (Lipinski definition) is 0. The lowest BCUT2D eigenvalue weighted by atomic mass is 10.2. The number of aromatic nitrogens is 1. The molecule has 1 aromatic heterocycles. The van der Waals surface area contributed by atoms with Crippen molar-refractivity contribution in [3.63, 3.8) is 0 Å². The van der Waals surface area contributed by atoms with Crippen molar-refractivity contribution in [2.24, 2.45) is 5.92 Å². The van der Waals surface area contributed by atoms with Gasteiger partial charge in [-0.05, 0) is 13.0 Å². The van der Waals surface area contributed by atoms with E-state index in [1.54, 1.807) is 6.07 Å². The molecule has 86 valence electrons. The average molecular weight is 230 g/mol.